The monoisotopic (exact) mass is 263 g/mol. The maximum Gasteiger partial charge on any atom is 1.00 e. The van der Waals surface area contributed by atoms with Gasteiger partial charge in [-0.3, -0.25) is 9.11 Å². The van der Waals surface area contributed by atoms with E-state index in [9.17, 15) is 0 Å². The second-order valence-electron chi connectivity index (χ2n) is 0.916. The van der Waals surface area contributed by atoms with Gasteiger partial charge in [-0.1, -0.05) is 0 Å². The second-order valence-corrected chi connectivity index (χ2v) is 2.75. The average molecular weight is 263 g/mol. The van der Waals surface area contributed by atoms with E-state index in [1.54, 1.807) is 0 Å². The SMILES string of the molecule is O=P([O-])([O-])O.O=S(=O)(O)O.[Na+].[Na+].[Na]. The van der Waals surface area contributed by atoms with Crippen molar-refractivity contribution in [2.75, 3.05) is 0 Å². The number of rotatable bonds is 0. The van der Waals surface area contributed by atoms with Crippen LogP contribution in [0.4, 0.5) is 0 Å². The zero-order valence-electron chi connectivity index (χ0n) is 7.24. The summed E-state index contributed by atoms with van der Waals surface area (Å²) < 4.78 is 40.2. The van der Waals surface area contributed by atoms with Crippen LogP contribution in [0.2, 0.25) is 0 Å². The van der Waals surface area contributed by atoms with Crippen LogP contribution in [-0.4, -0.2) is 52.0 Å². The Hall–Kier alpha value is 2.98. The molecule has 0 atom stereocenters. The van der Waals surface area contributed by atoms with E-state index in [-0.39, 0.29) is 88.7 Å². The molecule has 0 saturated heterocycles. The molecule has 0 aliphatic rings. The maximum absolute atomic E-state index is 8.74. The van der Waals surface area contributed by atoms with Gasteiger partial charge in [0, 0.05) is 29.6 Å². The van der Waals surface area contributed by atoms with Crippen LogP contribution in [0, 0.1) is 0 Å². The molecule has 0 aromatic heterocycles. The van der Waals surface area contributed by atoms with E-state index in [4.69, 9.17) is 36.8 Å². The molecular formula is H3Na3O8PS. The summed E-state index contributed by atoms with van der Waals surface area (Å²) in [7, 11) is -9.81. The molecular weight excluding hydrogens is 260 g/mol. The molecule has 0 fully saturated rings. The van der Waals surface area contributed by atoms with Gasteiger partial charge in [-0.15, -0.1) is 0 Å². The van der Waals surface area contributed by atoms with Gasteiger partial charge in [0.2, 0.25) is 0 Å². The zero-order valence-corrected chi connectivity index (χ0v) is 14.9. The molecule has 0 amide bonds. The van der Waals surface area contributed by atoms with E-state index in [1.807, 2.05) is 0 Å². The Morgan fingerprint density at radius 2 is 1.08 bits per heavy atom. The van der Waals surface area contributed by atoms with Crippen LogP contribution < -0.4 is 68.9 Å². The molecule has 0 spiro atoms. The van der Waals surface area contributed by atoms with E-state index in [2.05, 4.69) is 0 Å². The summed E-state index contributed by atoms with van der Waals surface area (Å²) in [5, 5.41) is 0. The van der Waals surface area contributed by atoms with E-state index in [1.165, 1.54) is 0 Å². The van der Waals surface area contributed by atoms with Crippen molar-refractivity contribution in [1.29, 1.82) is 0 Å². The summed E-state index contributed by atoms with van der Waals surface area (Å²) in [5.74, 6) is 0. The van der Waals surface area contributed by atoms with Gasteiger partial charge in [0.1, 0.15) is 0 Å². The van der Waals surface area contributed by atoms with Crippen molar-refractivity contribution >= 4 is 47.8 Å². The number of hydrogen-bond acceptors (Lipinski definition) is 5. The Morgan fingerprint density at radius 1 is 1.08 bits per heavy atom. The minimum absolute atomic E-state index is 0. The van der Waals surface area contributed by atoms with Gasteiger partial charge in [0.25, 0.3) is 0 Å². The predicted octanol–water partition coefficient (Wildman–Crippen LogP) is -9.22. The van der Waals surface area contributed by atoms with Crippen LogP contribution in [0.25, 0.3) is 0 Å². The number of phosphoric acid groups is 1. The van der Waals surface area contributed by atoms with Crippen molar-refractivity contribution in [2.45, 2.75) is 0 Å². The Bertz CT molecular complexity index is 197. The quantitative estimate of drug-likeness (QED) is 0.221. The van der Waals surface area contributed by atoms with Crippen LogP contribution in [0.1, 0.15) is 0 Å². The maximum atomic E-state index is 8.74. The average Bonchev–Trinajstić information content (AvgIpc) is 1.12. The Balaban J connectivity index is -0.0000000267. The molecule has 1 radical (unpaired) electrons. The topological polar surface area (TPSA) is 158 Å². The summed E-state index contributed by atoms with van der Waals surface area (Å²) >= 11 is 0. The molecule has 0 aromatic rings. The van der Waals surface area contributed by atoms with Gasteiger partial charge in [-0.25, -0.2) is 0 Å². The normalized spacial score (nSPS) is 9.00. The molecule has 0 aliphatic carbocycles. The molecule has 0 unspecified atom stereocenters. The fourth-order valence-electron chi connectivity index (χ4n) is 0. The molecule has 0 aromatic carbocycles. The summed E-state index contributed by atoms with van der Waals surface area (Å²) in [5.41, 5.74) is 0. The molecule has 0 heterocycles. The molecule has 13 heteroatoms. The van der Waals surface area contributed by atoms with Crippen molar-refractivity contribution in [3.63, 3.8) is 0 Å². The molecule has 65 valence electrons. The van der Waals surface area contributed by atoms with Gasteiger partial charge >= 0.3 is 69.5 Å². The molecule has 0 bridgehead atoms. The van der Waals surface area contributed by atoms with Crippen LogP contribution in [0.3, 0.4) is 0 Å². The summed E-state index contributed by atoms with van der Waals surface area (Å²) in [4.78, 5) is 24.3. The first kappa shape index (κ1) is 29.7. The first-order valence-electron chi connectivity index (χ1n) is 1.45. The third-order valence-corrected chi connectivity index (χ3v) is 0. The summed E-state index contributed by atoms with van der Waals surface area (Å²) in [6.45, 7) is 0. The van der Waals surface area contributed by atoms with E-state index in [0.717, 1.165) is 0 Å². The van der Waals surface area contributed by atoms with Gasteiger partial charge in [0.05, 0.1) is 7.82 Å². The molecule has 3 N–H and O–H groups in total. The Kier molecular flexibility index (Phi) is 29.9. The van der Waals surface area contributed by atoms with E-state index >= 15 is 0 Å². The summed E-state index contributed by atoms with van der Waals surface area (Å²) in [6, 6.07) is 0. The molecule has 8 nitrogen and oxygen atoms in total. The number of hydrogen-bond donors (Lipinski definition) is 3. The predicted molar refractivity (Wildman–Crippen MR) is 29.8 cm³/mol. The third kappa shape index (κ3) is 284. The van der Waals surface area contributed by atoms with Crippen molar-refractivity contribution in [3.05, 3.63) is 0 Å². The van der Waals surface area contributed by atoms with Crippen molar-refractivity contribution < 1.29 is 95.9 Å². The largest absolute Gasteiger partial charge is 1.00 e. The van der Waals surface area contributed by atoms with E-state index < -0.39 is 18.2 Å². The minimum Gasteiger partial charge on any atom is -0.790 e. The van der Waals surface area contributed by atoms with Crippen LogP contribution in [0.5, 0.6) is 0 Å². The molecule has 13 heavy (non-hydrogen) atoms. The van der Waals surface area contributed by atoms with Gasteiger partial charge in [-0.2, -0.15) is 8.42 Å². The van der Waals surface area contributed by atoms with Gasteiger partial charge in [-0.05, 0) is 0 Å². The fourth-order valence-corrected chi connectivity index (χ4v) is 0. The van der Waals surface area contributed by atoms with Crippen molar-refractivity contribution in [1.82, 2.24) is 0 Å². The molecule has 0 saturated carbocycles. The standard InChI is InChI=1S/3Na.H3O4P.H2O4S/c;;;2*1-5(2,3)4/h;;;(H3,1,2,3,4);(H2,1,2,3,4)/q;2*+1;;/p-2. The first-order chi connectivity index (χ1) is 4.00. The van der Waals surface area contributed by atoms with Gasteiger partial charge in [0.15, 0.2) is 0 Å². The fraction of sp³-hybridized carbons (Fsp3) is 0. The first-order valence-corrected chi connectivity index (χ1v) is 4.34. The minimum atomic E-state index is -5.14. The van der Waals surface area contributed by atoms with Crippen LogP contribution in [-0.2, 0) is 15.0 Å². The third-order valence-electron chi connectivity index (χ3n) is 0. The van der Waals surface area contributed by atoms with E-state index in [0.29, 0.717) is 0 Å². The van der Waals surface area contributed by atoms with Crippen molar-refractivity contribution in [2.24, 2.45) is 0 Å². The van der Waals surface area contributed by atoms with Gasteiger partial charge < -0.3 is 19.2 Å². The van der Waals surface area contributed by atoms with Crippen molar-refractivity contribution in [3.8, 4) is 0 Å². The Morgan fingerprint density at radius 3 is 1.08 bits per heavy atom. The smallest absolute Gasteiger partial charge is 0.790 e. The Labute approximate surface area is 141 Å². The van der Waals surface area contributed by atoms with Crippen LogP contribution >= 0.6 is 7.82 Å². The summed E-state index contributed by atoms with van der Waals surface area (Å²) in [6.07, 6.45) is 0. The van der Waals surface area contributed by atoms with Crippen LogP contribution in [0.15, 0.2) is 0 Å². The molecule has 0 aliphatic heterocycles. The second kappa shape index (κ2) is 13.0. The molecule has 0 rings (SSSR count). The zero-order chi connectivity index (χ0) is 9.00.